The Morgan fingerprint density at radius 2 is 1.93 bits per heavy atom. The molecule has 1 aliphatic heterocycles. The number of ether oxygens (including phenoxy) is 1. The summed E-state index contributed by atoms with van der Waals surface area (Å²) in [6.45, 7) is 3.90. The van der Waals surface area contributed by atoms with Crippen LogP contribution in [-0.2, 0) is 11.3 Å². The number of hydrogen-bond donors (Lipinski definition) is 0. The van der Waals surface area contributed by atoms with Gasteiger partial charge in [0.2, 0.25) is 5.95 Å². The normalized spacial score (nSPS) is 17.6. The van der Waals surface area contributed by atoms with Crippen molar-refractivity contribution in [3.8, 4) is 0 Å². The first-order valence-electron chi connectivity index (χ1n) is 10.1. The summed E-state index contributed by atoms with van der Waals surface area (Å²) in [5, 5.41) is 1.90. The van der Waals surface area contributed by atoms with Gasteiger partial charge in [0.1, 0.15) is 5.52 Å². The Kier molecular flexibility index (Phi) is 5.15. The lowest BCUT2D eigenvalue weighted by atomic mass is 10.0. The van der Waals surface area contributed by atoms with Gasteiger partial charge in [0, 0.05) is 23.7 Å². The fourth-order valence-electron chi connectivity index (χ4n) is 4.14. The van der Waals surface area contributed by atoms with E-state index >= 15 is 0 Å². The lowest BCUT2D eigenvalue weighted by Gasteiger charge is -2.30. The van der Waals surface area contributed by atoms with Gasteiger partial charge in [0.05, 0.1) is 33.5 Å². The summed E-state index contributed by atoms with van der Waals surface area (Å²) in [5.74, 6) is 0.867. The fraction of sp³-hybridized carbons (Fsp3) is 0.409. The molecule has 29 heavy (non-hydrogen) atoms. The maximum atomic E-state index is 6.58. The number of aryl methyl sites for hydroxylation is 1. The highest BCUT2D eigenvalue weighted by Gasteiger charge is 2.31. The van der Waals surface area contributed by atoms with E-state index in [4.69, 9.17) is 44.5 Å². The van der Waals surface area contributed by atoms with E-state index in [1.165, 1.54) is 5.56 Å². The zero-order valence-electron chi connectivity index (χ0n) is 16.2. The Morgan fingerprint density at radius 3 is 2.66 bits per heavy atom. The highest BCUT2D eigenvalue weighted by molar-refractivity contribution is 6.36. The van der Waals surface area contributed by atoms with Gasteiger partial charge >= 0.3 is 0 Å². The summed E-state index contributed by atoms with van der Waals surface area (Å²) in [6, 6.07) is 9.63. The molecular formula is C22H22Cl3N3O. The molecule has 0 bridgehead atoms. The van der Waals surface area contributed by atoms with Crippen molar-refractivity contribution in [2.75, 3.05) is 11.4 Å². The molecule has 0 spiro atoms. The Balaban J connectivity index is 1.67. The number of fused-ring (bicyclic) bond motifs is 3. The molecule has 3 aromatic rings. The van der Waals surface area contributed by atoms with Crippen LogP contribution in [0.2, 0.25) is 15.1 Å². The van der Waals surface area contributed by atoms with Crippen molar-refractivity contribution in [3.05, 3.63) is 51.0 Å². The first kappa shape index (κ1) is 19.5. The smallest absolute Gasteiger partial charge is 0.211 e. The van der Waals surface area contributed by atoms with E-state index in [0.717, 1.165) is 61.4 Å². The summed E-state index contributed by atoms with van der Waals surface area (Å²) in [4.78, 5) is 7.11. The van der Waals surface area contributed by atoms with E-state index in [1.807, 2.05) is 18.2 Å². The monoisotopic (exact) mass is 449 g/mol. The van der Waals surface area contributed by atoms with Crippen LogP contribution in [-0.4, -0.2) is 22.2 Å². The summed E-state index contributed by atoms with van der Waals surface area (Å²) in [6.07, 6.45) is 4.65. The third kappa shape index (κ3) is 3.50. The van der Waals surface area contributed by atoms with Gasteiger partial charge < -0.3 is 14.2 Å². The zero-order chi connectivity index (χ0) is 20.1. The molecular weight excluding hydrogens is 429 g/mol. The summed E-state index contributed by atoms with van der Waals surface area (Å²) < 4.78 is 8.58. The average molecular weight is 451 g/mol. The van der Waals surface area contributed by atoms with E-state index in [9.17, 15) is 0 Å². The molecule has 1 atom stereocenters. The molecule has 1 aliphatic carbocycles. The first-order chi connectivity index (χ1) is 14.1. The number of hydrogen-bond acceptors (Lipinski definition) is 3. The molecule has 2 aliphatic rings. The van der Waals surface area contributed by atoms with Gasteiger partial charge in [0.25, 0.3) is 0 Å². The van der Waals surface area contributed by atoms with Crippen molar-refractivity contribution < 1.29 is 4.74 Å². The number of imidazole rings is 1. The topological polar surface area (TPSA) is 30.3 Å². The fourth-order valence-corrected chi connectivity index (χ4v) is 4.85. The van der Waals surface area contributed by atoms with E-state index in [0.29, 0.717) is 21.2 Å². The molecule has 4 nitrogen and oxygen atoms in total. The van der Waals surface area contributed by atoms with Crippen molar-refractivity contribution in [2.24, 2.45) is 0 Å². The molecule has 1 saturated carbocycles. The van der Waals surface area contributed by atoms with E-state index in [-0.39, 0.29) is 6.10 Å². The number of nitrogens with zero attached hydrogens (tertiary/aromatic N) is 3. The van der Waals surface area contributed by atoms with Gasteiger partial charge in [0.15, 0.2) is 0 Å². The Morgan fingerprint density at radius 1 is 1.10 bits per heavy atom. The Bertz CT molecular complexity index is 1080. The molecule has 152 valence electrons. The lowest BCUT2D eigenvalue weighted by molar-refractivity contribution is 0.0373. The maximum Gasteiger partial charge on any atom is 0.211 e. The van der Waals surface area contributed by atoms with Crippen molar-refractivity contribution in [3.63, 3.8) is 0 Å². The van der Waals surface area contributed by atoms with Crippen LogP contribution < -0.4 is 4.90 Å². The molecule has 0 saturated heterocycles. The molecule has 0 radical (unpaired) electrons. The van der Waals surface area contributed by atoms with E-state index in [1.54, 1.807) is 6.07 Å². The molecule has 2 aromatic carbocycles. The van der Waals surface area contributed by atoms with Crippen LogP contribution in [0.3, 0.4) is 0 Å². The van der Waals surface area contributed by atoms with Gasteiger partial charge in [-0.3, -0.25) is 0 Å². The van der Waals surface area contributed by atoms with Crippen molar-refractivity contribution in [2.45, 2.75) is 51.4 Å². The van der Waals surface area contributed by atoms with Crippen molar-refractivity contribution >= 4 is 57.5 Å². The number of anilines is 2. The number of aromatic nitrogens is 2. The number of halogens is 3. The van der Waals surface area contributed by atoms with E-state index in [2.05, 4.69) is 22.5 Å². The molecule has 1 unspecified atom stereocenters. The van der Waals surface area contributed by atoms with Crippen molar-refractivity contribution in [1.29, 1.82) is 0 Å². The second kappa shape index (κ2) is 7.66. The molecule has 1 aromatic heterocycles. The minimum Gasteiger partial charge on any atom is -0.370 e. The van der Waals surface area contributed by atoms with Crippen LogP contribution in [0.1, 0.15) is 44.3 Å². The van der Waals surface area contributed by atoms with Gasteiger partial charge in [-0.2, -0.15) is 0 Å². The quantitative estimate of drug-likeness (QED) is 0.413. The molecule has 5 rings (SSSR count). The molecule has 0 N–H and O–H groups in total. The van der Waals surface area contributed by atoms with Gasteiger partial charge in [-0.05, 0) is 49.9 Å². The Hall–Kier alpha value is -1.46. The number of rotatable bonds is 5. The SMILES string of the molecule is CCC(OC1CC1)c1ccc(Cl)c2nc3n(c12)CCCN3c1ccc(Cl)cc1Cl. The van der Waals surface area contributed by atoms with Gasteiger partial charge in [-0.15, -0.1) is 0 Å². The highest BCUT2D eigenvalue weighted by atomic mass is 35.5. The van der Waals surface area contributed by atoms with Crippen LogP contribution in [0.15, 0.2) is 30.3 Å². The van der Waals surface area contributed by atoms with Gasteiger partial charge in [-0.25, -0.2) is 4.98 Å². The molecule has 2 heterocycles. The average Bonchev–Trinajstić information content (AvgIpc) is 3.44. The van der Waals surface area contributed by atoms with Crippen LogP contribution in [0.5, 0.6) is 0 Å². The van der Waals surface area contributed by atoms with Crippen molar-refractivity contribution in [1.82, 2.24) is 9.55 Å². The second-order valence-electron chi connectivity index (χ2n) is 7.73. The summed E-state index contributed by atoms with van der Waals surface area (Å²) in [5.41, 5.74) is 3.98. The minimum absolute atomic E-state index is 0.0533. The lowest BCUT2D eigenvalue weighted by Crippen LogP contribution is -2.28. The summed E-state index contributed by atoms with van der Waals surface area (Å²) >= 11 is 19.2. The number of benzene rings is 2. The largest absolute Gasteiger partial charge is 0.370 e. The standard InChI is InChI=1S/C22H22Cl3N3O/c1-2-19(29-14-5-6-14)15-7-8-16(24)20-21(15)28-11-3-10-27(22(28)26-20)18-9-4-13(23)12-17(18)25/h4,7-9,12,14,19H,2-3,5-6,10-11H2,1H3. The van der Waals surface area contributed by atoms with Crippen LogP contribution in [0.25, 0.3) is 11.0 Å². The summed E-state index contributed by atoms with van der Waals surface area (Å²) in [7, 11) is 0. The molecule has 1 fully saturated rings. The van der Waals surface area contributed by atoms with Gasteiger partial charge in [-0.1, -0.05) is 47.8 Å². The minimum atomic E-state index is 0.0533. The first-order valence-corrected chi connectivity index (χ1v) is 11.3. The Labute approximate surface area is 185 Å². The highest BCUT2D eigenvalue weighted by Crippen LogP contribution is 2.42. The van der Waals surface area contributed by atoms with Crippen LogP contribution >= 0.6 is 34.8 Å². The maximum absolute atomic E-state index is 6.58. The third-order valence-electron chi connectivity index (χ3n) is 5.66. The molecule has 0 amide bonds. The predicted molar refractivity (Wildman–Crippen MR) is 120 cm³/mol. The predicted octanol–water partition coefficient (Wildman–Crippen LogP) is 7.17. The second-order valence-corrected chi connectivity index (χ2v) is 8.98. The van der Waals surface area contributed by atoms with Crippen LogP contribution in [0.4, 0.5) is 11.6 Å². The van der Waals surface area contributed by atoms with Crippen LogP contribution in [0, 0.1) is 0 Å². The zero-order valence-corrected chi connectivity index (χ0v) is 18.4. The third-order valence-corrected chi connectivity index (χ3v) is 6.50. The molecule has 7 heteroatoms. The van der Waals surface area contributed by atoms with E-state index < -0.39 is 0 Å².